The van der Waals surface area contributed by atoms with Crippen LogP contribution in [0.15, 0.2) is 30.5 Å². The Hall–Kier alpha value is -3.44. The lowest BCUT2D eigenvalue weighted by atomic mass is 10.0. The molecular weight excluding hydrogens is 430 g/mol. The van der Waals surface area contributed by atoms with Gasteiger partial charge in [0, 0.05) is 17.1 Å². The fraction of sp³-hybridized carbons (Fsp3) is 0.455. The van der Waals surface area contributed by atoms with Gasteiger partial charge >= 0.3 is 5.97 Å². The molecule has 1 aromatic carbocycles. The van der Waals surface area contributed by atoms with E-state index in [-0.39, 0.29) is 12.3 Å². The first-order valence-electron chi connectivity index (χ1n) is 10.6. The first-order chi connectivity index (χ1) is 15.5. The molecule has 0 saturated heterocycles. The zero-order valence-corrected chi connectivity index (χ0v) is 18.8. The van der Waals surface area contributed by atoms with E-state index in [1.165, 1.54) is 6.92 Å². The lowest BCUT2D eigenvalue weighted by Gasteiger charge is -2.27. The molecular formula is C22H31N5O6. The van der Waals surface area contributed by atoms with Crippen molar-refractivity contribution in [1.82, 2.24) is 20.9 Å². The van der Waals surface area contributed by atoms with Gasteiger partial charge in [0.05, 0.1) is 12.1 Å². The van der Waals surface area contributed by atoms with Crippen LogP contribution in [0, 0.1) is 5.92 Å². The summed E-state index contributed by atoms with van der Waals surface area (Å²) in [5, 5.41) is 26.6. The Morgan fingerprint density at radius 3 is 2.24 bits per heavy atom. The molecule has 1 aromatic heterocycles. The van der Waals surface area contributed by atoms with E-state index in [0.717, 1.165) is 16.5 Å². The topological polar surface area (TPSA) is 187 Å². The van der Waals surface area contributed by atoms with Gasteiger partial charge in [-0.05, 0) is 30.9 Å². The van der Waals surface area contributed by atoms with Crippen molar-refractivity contribution in [2.45, 2.75) is 51.4 Å². The largest absolute Gasteiger partial charge is 0.480 e. The molecule has 0 aliphatic rings. The average molecular weight is 462 g/mol. The highest BCUT2D eigenvalue weighted by Gasteiger charge is 2.32. The number of aliphatic hydroxyl groups excluding tert-OH is 1. The lowest BCUT2D eigenvalue weighted by Crippen LogP contribution is -2.60. The monoisotopic (exact) mass is 461 g/mol. The summed E-state index contributed by atoms with van der Waals surface area (Å²) < 4.78 is 0. The number of carboxylic acid groups (broad SMARTS) is 1. The highest BCUT2D eigenvalue weighted by Crippen LogP contribution is 2.19. The third kappa shape index (κ3) is 7.02. The summed E-state index contributed by atoms with van der Waals surface area (Å²) in [6, 6.07) is 4.26. The molecule has 0 radical (unpaired) electrons. The van der Waals surface area contributed by atoms with Crippen LogP contribution < -0.4 is 21.7 Å². The maximum Gasteiger partial charge on any atom is 0.322 e. The number of fused-ring (bicyclic) bond motifs is 1. The third-order valence-corrected chi connectivity index (χ3v) is 5.17. The van der Waals surface area contributed by atoms with E-state index in [1.807, 2.05) is 24.3 Å². The lowest BCUT2D eigenvalue weighted by molar-refractivity contribution is -0.139. The number of aromatic nitrogens is 1. The number of hydrogen-bond donors (Lipinski definition) is 7. The number of rotatable bonds is 11. The minimum absolute atomic E-state index is 0.246. The van der Waals surface area contributed by atoms with Crippen LogP contribution in [0.5, 0.6) is 0 Å². The Morgan fingerprint density at radius 2 is 1.64 bits per heavy atom. The van der Waals surface area contributed by atoms with Gasteiger partial charge in [0.2, 0.25) is 17.7 Å². The van der Waals surface area contributed by atoms with E-state index in [4.69, 9.17) is 10.8 Å². The number of benzene rings is 1. The number of H-pyrrole nitrogens is 1. The number of nitrogens with two attached hydrogens (primary N) is 1. The summed E-state index contributed by atoms with van der Waals surface area (Å²) in [5.74, 6) is -3.72. The normalized spacial score (nSPS) is 14.8. The van der Waals surface area contributed by atoms with Crippen molar-refractivity contribution < 1.29 is 29.4 Å². The summed E-state index contributed by atoms with van der Waals surface area (Å²) in [5.41, 5.74) is 7.88. The van der Waals surface area contributed by atoms with Gasteiger partial charge in [0.1, 0.15) is 18.6 Å². The van der Waals surface area contributed by atoms with Gasteiger partial charge < -0.3 is 36.9 Å². The molecule has 0 aliphatic carbocycles. The second-order valence-electron chi connectivity index (χ2n) is 8.24. The minimum Gasteiger partial charge on any atom is -0.480 e. The van der Waals surface area contributed by atoms with Gasteiger partial charge in [-0.3, -0.25) is 19.2 Å². The van der Waals surface area contributed by atoms with Gasteiger partial charge in [-0.15, -0.1) is 0 Å². The fourth-order valence-electron chi connectivity index (χ4n) is 3.35. The summed E-state index contributed by atoms with van der Waals surface area (Å²) in [7, 11) is 0. The number of para-hydroxylation sites is 1. The molecule has 33 heavy (non-hydrogen) atoms. The van der Waals surface area contributed by atoms with Crippen molar-refractivity contribution in [3.8, 4) is 0 Å². The molecule has 4 unspecified atom stereocenters. The molecule has 4 atom stereocenters. The molecule has 11 nitrogen and oxygen atoms in total. The number of amides is 3. The first kappa shape index (κ1) is 25.8. The number of carbonyl (C=O) groups excluding carboxylic acids is 3. The Balaban J connectivity index is 2.05. The highest BCUT2D eigenvalue weighted by atomic mass is 16.4. The number of nitrogens with one attached hydrogen (secondary N) is 4. The second-order valence-corrected chi connectivity index (χ2v) is 8.24. The molecule has 2 aromatic rings. The summed E-state index contributed by atoms with van der Waals surface area (Å²) in [6.07, 6.45) is 0.735. The van der Waals surface area contributed by atoms with Crippen molar-refractivity contribution in [1.29, 1.82) is 0 Å². The molecule has 11 heteroatoms. The van der Waals surface area contributed by atoms with Crippen LogP contribution in [0.4, 0.5) is 0 Å². The van der Waals surface area contributed by atoms with Crippen LogP contribution in [0.25, 0.3) is 10.9 Å². The van der Waals surface area contributed by atoms with Crippen molar-refractivity contribution in [2.24, 2.45) is 11.7 Å². The maximum atomic E-state index is 12.8. The number of carbonyl (C=O) groups is 4. The van der Waals surface area contributed by atoms with Gasteiger partial charge in [0.25, 0.3) is 0 Å². The summed E-state index contributed by atoms with van der Waals surface area (Å²) in [6.45, 7) is 4.03. The van der Waals surface area contributed by atoms with Crippen LogP contribution in [0.2, 0.25) is 0 Å². The zero-order valence-electron chi connectivity index (χ0n) is 18.8. The van der Waals surface area contributed by atoms with E-state index < -0.39 is 54.5 Å². The first-order valence-corrected chi connectivity index (χ1v) is 10.6. The van der Waals surface area contributed by atoms with Gasteiger partial charge in [-0.1, -0.05) is 32.0 Å². The van der Waals surface area contributed by atoms with Crippen molar-refractivity contribution in [3.05, 3.63) is 36.0 Å². The Morgan fingerprint density at radius 1 is 1.00 bits per heavy atom. The van der Waals surface area contributed by atoms with Crippen LogP contribution in [-0.4, -0.2) is 69.7 Å². The molecule has 2 rings (SSSR count). The van der Waals surface area contributed by atoms with Crippen molar-refractivity contribution in [2.75, 3.05) is 6.54 Å². The van der Waals surface area contributed by atoms with Crippen LogP contribution in [-0.2, 0) is 25.6 Å². The minimum atomic E-state index is -1.39. The predicted molar refractivity (Wildman–Crippen MR) is 121 cm³/mol. The van der Waals surface area contributed by atoms with Gasteiger partial charge in [-0.2, -0.15) is 0 Å². The quantitative estimate of drug-likeness (QED) is 0.229. The Labute approximate surface area is 191 Å². The predicted octanol–water partition coefficient (Wildman–Crippen LogP) is -0.755. The third-order valence-electron chi connectivity index (χ3n) is 5.17. The summed E-state index contributed by atoms with van der Waals surface area (Å²) >= 11 is 0. The second kappa shape index (κ2) is 11.4. The molecule has 180 valence electrons. The molecule has 3 amide bonds. The van der Waals surface area contributed by atoms with Crippen LogP contribution >= 0.6 is 0 Å². The number of aromatic amines is 1. The molecule has 0 fully saturated rings. The smallest absolute Gasteiger partial charge is 0.322 e. The van der Waals surface area contributed by atoms with E-state index >= 15 is 0 Å². The van der Waals surface area contributed by atoms with Crippen LogP contribution in [0.1, 0.15) is 26.3 Å². The van der Waals surface area contributed by atoms with Crippen molar-refractivity contribution >= 4 is 34.6 Å². The standard InChI is InChI=1S/C22H31N5O6/c1-11(2)18(22(33)27-19(12(3)28)21(32)25-10-17(29)30)26-20(31)15(23)8-13-9-24-16-7-5-4-6-14(13)16/h4-7,9,11-12,15,18-19,24,28H,8,10,23H2,1-3H3,(H,25,32)(H,26,31)(H,27,33)(H,29,30). The van der Waals surface area contributed by atoms with Gasteiger partial charge in [0.15, 0.2) is 0 Å². The average Bonchev–Trinajstić information content (AvgIpc) is 3.16. The number of aliphatic carboxylic acids is 1. The molecule has 0 bridgehead atoms. The fourth-order valence-corrected chi connectivity index (χ4v) is 3.35. The SMILES string of the molecule is CC(C)C(NC(=O)C(N)Cc1c[nH]c2ccccc12)C(=O)NC(C(=O)NCC(=O)O)C(C)O. The Kier molecular flexibility index (Phi) is 8.94. The number of carboxylic acids is 1. The van der Waals surface area contributed by atoms with E-state index in [1.54, 1.807) is 20.0 Å². The van der Waals surface area contributed by atoms with Crippen LogP contribution in [0.3, 0.4) is 0 Å². The van der Waals surface area contributed by atoms with E-state index in [0.29, 0.717) is 0 Å². The molecule has 0 spiro atoms. The summed E-state index contributed by atoms with van der Waals surface area (Å²) in [4.78, 5) is 51.5. The number of aliphatic hydroxyl groups is 1. The van der Waals surface area contributed by atoms with Crippen molar-refractivity contribution in [3.63, 3.8) is 0 Å². The Bertz CT molecular complexity index is 1000. The highest BCUT2D eigenvalue weighted by molar-refractivity contribution is 5.94. The zero-order chi connectivity index (χ0) is 24.7. The van der Waals surface area contributed by atoms with E-state index in [2.05, 4.69) is 20.9 Å². The molecule has 0 aliphatic heterocycles. The molecule has 1 heterocycles. The maximum absolute atomic E-state index is 12.8. The molecule has 0 saturated carbocycles. The van der Waals surface area contributed by atoms with Gasteiger partial charge in [-0.25, -0.2) is 0 Å². The number of hydrogen-bond acceptors (Lipinski definition) is 6. The molecule has 8 N–H and O–H groups in total. The van der Waals surface area contributed by atoms with E-state index in [9.17, 15) is 24.3 Å².